The Hall–Kier alpha value is -1.76. The van der Waals surface area contributed by atoms with Crippen LogP contribution in [0, 0.1) is 3.57 Å². The lowest BCUT2D eigenvalue weighted by molar-refractivity contribution is 0.267. The molecule has 4 nitrogen and oxygen atoms in total. The third-order valence-corrected chi connectivity index (χ3v) is 3.58. The summed E-state index contributed by atoms with van der Waals surface area (Å²) in [6.07, 6.45) is 1.59. The predicted molar refractivity (Wildman–Crippen MR) is 92.9 cm³/mol. The number of nitrogens with zero attached hydrogens (tertiary/aromatic N) is 1. The molecule has 2 rings (SSSR count). The first-order chi connectivity index (χ1) is 10.2. The SMILES string of the molecule is CCOc1cc(C=NN)cc(I)c1OCc1ccccc1. The monoisotopic (exact) mass is 396 g/mol. The van der Waals surface area contributed by atoms with E-state index in [2.05, 4.69) is 27.7 Å². The molecule has 110 valence electrons. The lowest BCUT2D eigenvalue weighted by Gasteiger charge is -2.14. The van der Waals surface area contributed by atoms with Crippen LogP contribution < -0.4 is 15.3 Å². The molecule has 0 aromatic heterocycles. The van der Waals surface area contributed by atoms with E-state index in [9.17, 15) is 0 Å². The summed E-state index contributed by atoms with van der Waals surface area (Å²) in [5, 5.41) is 3.55. The Labute approximate surface area is 138 Å². The van der Waals surface area contributed by atoms with Crippen molar-refractivity contribution in [1.82, 2.24) is 0 Å². The molecule has 0 atom stereocenters. The van der Waals surface area contributed by atoms with E-state index >= 15 is 0 Å². The van der Waals surface area contributed by atoms with Gasteiger partial charge in [-0.1, -0.05) is 30.3 Å². The zero-order chi connectivity index (χ0) is 15.1. The fourth-order valence-electron chi connectivity index (χ4n) is 1.88. The molecular formula is C16H17IN2O2. The zero-order valence-electron chi connectivity index (χ0n) is 11.8. The van der Waals surface area contributed by atoms with E-state index in [4.69, 9.17) is 15.3 Å². The summed E-state index contributed by atoms with van der Waals surface area (Å²) < 4.78 is 12.6. The molecular weight excluding hydrogens is 379 g/mol. The molecule has 0 spiro atoms. The summed E-state index contributed by atoms with van der Waals surface area (Å²) in [6.45, 7) is 3.01. The molecule has 0 radical (unpaired) electrons. The van der Waals surface area contributed by atoms with E-state index in [1.165, 1.54) is 0 Å². The lowest BCUT2D eigenvalue weighted by Crippen LogP contribution is -2.02. The van der Waals surface area contributed by atoms with E-state index in [1.807, 2.05) is 49.4 Å². The Kier molecular flexibility index (Phi) is 5.86. The molecule has 0 aliphatic heterocycles. The van der Waals surface area contributed by atoms with Crippen molar-refractivity contribution in [2.45, 2.75) is 13.5 Å². The Morgan fingerprint density at radius 2 is 1.95 bits per heavy atom. The average Bonchev–Trinajstić information content (AvgIpc) is 2.48. The molecule has 0 amide bonds. The Morgan fingerprint density at radius 3 is 2.62 bits per heavy atom. The van der Waals surface area contributed by atoms with E-state index in [0.717, 1.165) is 20.4 Å². The third kappa shape index (κ3) is 4.35. The molecule has 21 heavy (non-hydrogen) atoms. The molecule has 0 saturated heterocycles. The number of nitrogens with two attached hydrogens (primary N) is 1. The highest BCUT2D eigenvalue weighted by Crippen LogP contribution is 2.34. The second-order valence-corrected chi connectivity index (χ2v) is 5.48. The molecule has 0 heterocycles. The first-order valence-corrected chi connectivity index (χ1v) is 7.68. The van der Waals surface area contributed by atoms with Crippen LogP contribution in [0.25, 0.3) is 0 Å². The van der Waals surface area contributed by atoms with Gasteiger partial charge in [0.15, 0.2) is 11.5 Å². The van der Waals surface area contributed by atoms with Gasteiger partial charge in [-0.15, -0.1) is 0 Å². The summed E-state index contributed by atoms with van der Waals surface area (Å²) in [4.78, 5) is 0. The fraction of sp³-hybridized carbons (Fsp3) is 0.188. The van der Waals surface area contributed by atoms with Crippen molar-refractivity contribution in [3.8, 4) is 11.5 Å². The van der Waals surface area contributed by atoms with Crippen molar-refractivity contribution >= 4 is 28.8 Å². The highest BCUT2D eigenvalue weighted by atomic mass is 127. The molecule has 0 aliphatic rings. The number of halogens is 1. The maximum atomic E-state index is 5.93. The van der Waals surface area contributed by atoms with E-state index in [-0.39, 0.29) is 0 Å². The second kappa shape index (κ2) is 7.87. The van der Waals surface area contributed by atoms with Crippen LogP contribution in [0.4, 0.5) is 0 Å². The van der Waals surface area contributed by atoms with Gasteiger partial charge in [0.1, 0.15) is 6.61 Å². The van der Waals surface area contributed by atoms with E-state index in [1.54, 1.807) is 6.21 Å². The van der Waals surface area contributed by atoms with Crippen LogP contribution in [0.3, 0.4) is 0 Å². The van der Waals surface area contributed by atoms with Gasteiger partial charge in [-0.05, 0) is 52.8 Å². The normalized spacial score (nSPS) is 10.8. The van der Waals surface area contributed by atoms with Gasteiger partial charge in [0.25, 0.3) is 0 Å². The molecule has 0 bridgehead atoms. The summed E-state index contributed by atoms with van der Waals surface area (Å²) in [5.41, 5.74) is 2.00. The summed E-state index contributed by atoms with van der Waals surface area (Å²) in [7, 11) is 0. The minimum atomic E-state index is 0.501. The molecule has 5 heteroatoms. The molecule has 2 aromatic carbocycles. The number of hydrogen-bond acceptors (Lipinski definition) is 4. The number of hydrazone groups is 1. The maximum absolute atomic E-state index is 5.93. The van der Waals surface area contributed by atoms with Gasteiger partial charge in [0.2, 0.25) is 0 Å². The van der Waals surface area contributed by atoms with Crippen LogP contribution in [-0.4, -0.2) is 12.8 Å². The molecule has 0 fully saturated rings. The van der Waals surface area contributed by atoms with Crippen molar-refractivity contribution in [3.05, 3.63) is 57.2 Å². The van der Waals surface area contributed by atoms with E-state index < -0.39 is 0 Å². The van der Waals surface area contributed by atoms with Crippen LogP contribution in [0.2, 0.25) is 0 Å². The number of benzene rings is 2. The van der Waals surface area contributed by atoms with Gasteiger partial charge in [0.05, 0.1) is 16.4 Å². The van der Waals surface area contributed by atoms with E-state index in [0.29, 0.717) is 19.0 Å². The van der Waals surface area contributed by atoms with Gasteiger partial charge in [-0.25, -0.2) is 0 Å². The smallest absolute Gasteiger partial charge is 0.175 e. The van der Waals surface area contributed by atoms with Gasteiger partial charge >= 0.3 is 0 Å². The summed E-state index contributed by atoms with van der Waals surface area (Å²) in [5.74, 6) is 6.65. The molecule has 2 N–H and O–H groups in total. The van der Waals surface area contributed by atoms with Gasteiger partial charge in [-0.2, -0.15) is 5.10 Å². The highest BCUT2D eigenvalue weighted by molar-refractivity contribution is 14.1. The molecule has 2 aromatic rings. The molecule has 0 unspecified atom stereocenters. The maximum Gasteiger partial charge on any atom is 0.175 e. The van der Waals surface area contributed by atoms with Crippen LogP contribution in [0.15, 0.2) is 47.6 Å². The topological polar surface area (TPSA) is 56.8 Å². The van der Waals surface area contributed by atoms with Crippen LogP contribution in [0.5, 0.6) is 11.5 Å². The Balaban J connectivity index is 2.24. The highest BCUT2D eigenvalue weighted by Gasteiger charge is 2.12. The third-order valence-electron chi connectivity index (χ3n) is 2.78. The van der Waals surface area contributed by atoms with Gasteiger partial charge in [-0.3, -0.25) is 0 Å². The van der Waals surface area contributed by atoms with Crippen LogP contribution >= 0.6 is 22.6 Å². The number of rotatable bonds is 6. The Bertz CT molecular complexity index is 615. The standard InChI is InChI=1S/C16H17IN2O2/c1-2-20-15-9-13(10-19-18)8-14(17)16(15)21-11-12-6-4-3-5-7-12/h3-10H,2,11,18H2,1H3. The minimum absolute atomic E-state index is 0.501. The van der Waals surface area contributed by atoms with Crippen molar-refractivity contribution < 1.29 is 9.47 Å². The fourth-order valence-corrected chi connectivity index (χ4v) is 2.66. The van der Waals surface area contributed by atoms with Crippen LogP contribution in [-0.2, 0) is 6.61 Å². The van der Waals surface area contributed by atoms with Gasteiger partial charge in [0, 0.05) is 0 Å². The van der Waals surface area contributed by atoms with Crippen molar-refractivity contribution in [3.63, 3.8) is 0 Å². The van der Waals surface area contributed by atoms with Crippen LogP contribution in [0.1, 0.15) is 18.1 Å². The summed E-state index contributed by atoms with van der Waals surface area (Å²) in [6, 6.07) is 13.9. The first kappa shape index (κ1) is 15.6. The zero-order valence-corrected chi connectivity index (χ0v) is 13.9. The van der Waals surface area contributed by atoms with Gasteiger partial charge < -0.3 is 15.3 Å². The minimum Gasteiger partial charge on any atom is -0.490 e. The van der Waals surface area contributed by atoms with Crippen molar-refractivity contribution in [2.75, 3.05) is 6.61 Å². The predicted octanol–water partition coefficient (Wildman–Crippen LogP) is 3.56. The van der Waals surface area contributed by atoms with Crippen molar-refractivity contribution in [1.29, 1.82) is 0 Å². The second-order valence-electron chi connectivity index (χ2n) is 4.32. The number of ether oxygens (including phenoxy) is 2. The first-order valence-electron chi connectivity index (χ1n) is 6.61. The quantitative estimate of drug-likeness (QED) is 0.352. The van der Waals surface area contributed by atoms with Crippen molar-refractivity contribution in [2.24, 2.45) is 10.9 Å². The largest absolute Gasteiger partial charge is 0.490 e. The molecule has 0 saturated carbocycles. The molecule has 0 aliphatic carbocycles. The average molecular weight is 396 g/mol. The summed E-state index contributed by atoms with van der Waals surface area (Å²) >= 11 is 2.23. The lowest BCUT2D eigenvalue weighted by atomic mass is 10.2. The number of hydrogen-bond donors (Lipinski definition) is 1. The Morgan fingerprint density at radius 1 is 1.19 bits per heavy atom.